The lowest BCUT2D eigenvalue weighted by molar-refractivity contribution is 1.08. The van der Waals surface area contributed by atoms with E-state index in [1.54, 1.807) is 0 Å². The van der Waals surface area contributed by atoms with Crippen molar-refractivity contribution in [3.05, 3.63) is 122 Å². The SMILES string of the molecule is c1ccc(-c2ccc3c(n2)c2c4sc5ccccc5c4ccc2n3-c2cc(-c3ccncc3)ccn2)cc1. The van der Waals surface area contributed by atoms with Crippen LogP contribution in [-0.4, -0.2) is 19.5 Å². The minimum atomic E-state index is 0.869. The molecule has 4 nitrogen and oxygen atoms in total. The van der Waals surface area contributed by atoms with Crippen LogP contribution in [0.3, 0.4) is 0 Å². The minimum absolute atomic E-state index is 0.869. The van der Waals surface area contributed by atoms with Gasteiger partial charge in [-0.3, -0.25) is 9.55 Å². The number of hydrogen-bond donors (Lipinski definition) is 0. The van der Waals surface area contributed by atoms with Gasteiger partial charge in [0.25, 0.3) is 0 Å². The molecule has 38 heavy (non-hydrogen) atoms. The van der Waals surface area contributed by atoms with E-state index in [2.05, 4.69) is 88.4 Å². The van der Waals surface area contributed by atoms with Crippen LogP contribution in [0.25, 0.3) is 70.3 Å². The lowest BCUT2D eigenvalue weighted by Gasteiger charge is -2.09. The smallest absolute Gasteiger partial charge is 0.138 e. The van der Waals surface area contributed by atoms with Gasteiger partial charge in [0.15, 0.2) is 0 Å². The Morgan fingerprint density at radius 2 is 1.39 bits per heavy atom. The van der Waals surface area contributed by atoms with Crippen molar-refractivity contribution in [2.45, 2.75) is 0 Å². The Kier molecular flexibility index (Phi) is 4.66. The standard InChI is InChI=1S/C33H20N4S/c1-2-6-22(7-3-1)26-11-13-28-32(36-26)31-27(12-10-25-24-8-4-5-9-29(24)38-33(25)31)37(28)30-20-23(16-19-35-30)21-14-17-34-18-15-21/h1-20H. The number of hydrogen-bond acceptors (Lipinski definition) is 4. The third-order valence-corrected chi connectivity index (χ3v) is 8.38. The molecule has 8 rings (SSSR count). The van der Waals surface area contributed by atoms with Gasteiger partial charge in [-0.1, -0.05) is 54.6 Å². The predicted octanol–water partition coefficient (Wildman–Crippen LogP) is 8.67. The summed E-state index contributed by atoms with van der Waals surface area (Å²) < 4.78 is 4.80. The van der Waals surface area contributed by atoms with Crippen molar-refractivity contribution in [1.29, 1.82) is 0 Å². The molecule has 5 heterocycles. The zero-order valence-electron chi connectivity index (χ0n) is 20.2. The molecule has 0 amide bonds. The van der Waals surface area contributed by atoms with Crippen molar-refractivity contribution < 1.29 is 0 Å². The summed E-state index contributed by atoms with van der Waals surface area (Å²) in [6, 6.07) is 36.0. The Morgan fingerprint density at radius 1 is 0.605 bits per heavy atom. The highest BCUT2D eigenvalue weighted by Gasteiger charge is 2.20. The Hall–Kier alpha value is -4.87. The third kappa shape index (κ3) is 3.19. The molecule has 5 aromatic heterocycles. The molecule has 178 valence electrons. The molecule has 0 atom stereocenters. The van der Waals surface area contributed by atoms with E-state index in [4.69, 9.17) is 9.97 Å². The van der Waals surface area contributed by atoms with Crippen LogP contribution in [0.2, 0.25) is 0 Å². The van der Waals surface area contributed by atoms with Gasteiger partial charge in [0.2, 0.25) is 0 Å². The highest BCUT2D eigenvalue weighted by atomic mass is 32.1. The second kappa shape index (κ2) is 8.33. The molecule has 0 bridgehead atoms. The second-order valence-corrected chi connectivity index (χ2v) is 10.4. The Balaban J connectivity index is 1.48. The third-order valence-electron chi connectivity index (χ3n) is 7.18. The molecular weight excluding hydrogens is 484 g/mol. The molecule has 3 aromatic carbocycles. The molecule has 0 spiro atoms. The molecule has 5 heteroatoms. The molecule has 0 unspecified atom stereocenters. The summed E-state index contributed by atoms with van der Waals surface area (Å²) in [6.07, 6.45) is 5.53. The van der Waals surface area contributed by atoms with Gasteiger partial charge in [-0.05, 0) is 59.7 Å². The van der Waals surface area contributed by atoms with E-state index in [9.17, 15) is 0 Å². The van der Waals surface area contributed by atoms with Crippen LogP contribution >= 0.6 is 11.3 Å². The minimum Gasteiger partial charge on any atom is -0.292 e. The van der Waals surface area contributed by atoms with E-state index < -0.39 is 0 Å². The molecule has 0 saturated carbocycles. The first kappa shape index (κ1) is 21.2. The maximum atomic E-state index is 5.27. The fraction of sp³-hybridized carbons (Fsp3) is 0. The van der Waals surface area contributed by atoms with Gasteiger partial charge >= 0.3 is 0 Å². The van der Waals surface area contributed by atoms with Crippen molar-refractivity contribution in [2.24, 2.45) is 0 Å². The number of aromatic nitrogens is 4. The van der Waals surface area contributed by atoms with E-state index in [1.165, 1.54) is 25.6 Å². The summed E-state index contributed by atoms with van der Waals surface area (Å²) in [5.74, 6) is 0.869. The van der Waals surface area contributed by atoms with Crippen molar-refractivity contribution in [3.63, 3.8) is 0 Å². The van der Waals surface area contributed by atoms with Crippen LogP contribution in [0.15, 0.2) is 122 Å². The van der Waals surface area contributed by atoms with Crippen LogP contribution in [0.1, 0.15) is 0 Å². The first-order valence-corrected chi connectivity index (χ1v) is 13.3. The average molecular weight is 505 g/mol. The Morgan fingerprint density at radius 3 is 2.29 bits per heavy atom. The van der Waals surface area contributed by atoms with Gasteiger partial charge < -0.3 is 0 Å². The monoisotopic (exact) mass is 504 g/mol. The highest BCUT2D eigenvalue weighted by molar-refractivity contribution is 7.26. The number of rotatable bonds is 3. The number of nitrogens with zero attached hydrogens (tertiary/aromatic N) is 4. The van der Waals surface area contributed by atoms with Crippen molar-refractivity contribution in [1.82, 2.24) is 19.5 Å². The Labute approximate surface area is 222 Å². The van der Waals surface area contributed by atoms with Gasteiger partial charge in [0, 0.05) is 49.7 Å². The first-order valence-electron chi connectivity index (χ1n) is 12.5. The van der Waals surface area contributed by atoms with Gasteiger partial charge in [-0.25, -0.2) is 9.97 Å². The van der Waals surface area contributed by atoms with Crippen molar-refractivity contribution in [3.8, 4) is 28.2 Å². The predicted molar refractivity (Wildman–Crippen MR) is 158 cm³/mol. The van der Waals surface area contributed by atoms with E-state index in [-0.39, 0.29) is 0 Å². The number of benzene rings is 3. The van der Waals surface area contributed by atoms with E-state index in [1.807, 2.05) is 54.2 Å². The molecule has 0 aliphatic heterocycles. The molecule has 0 saturated heterocycles. The van der Waals surface area contributed by atoms with E-state index >= 15 is 0 Å². The summed E-state index contributed by atoms with van der Waals surface area (Å²) in [5, 5.41) is 3.72. The van der Waals surface area contributed by atoms with Crippen molar-refractivity contribution in [2.75, 3.05) is 0 Å². The summed E-state index contributed by atoms with van der Waals surface area (Å²) in [6.45, 7) is 0. The zero-order valence-corrected chi connectivity index (χ0v) is 21.1. The van der Waals surface area contributed by atoms with Crippen molar-refractivity contribution >= 4 is 53.4 Å². The number of fused-ring (bicyclic) bond motifs is 7. The van der Waals surface area contributed by atoms with Crippen LogP contribution in [0, 0.1) is 0 Å². The molecule has 8 aromatic rings. The summed E-state index contributed by atoms with van der Waals surface area (Å²) in [4.78, 5) is 14.3. The molecular formula is C33H20N4S. The fourth-order valence-electron chi connectivity index (χ4n) is 5.42. The topological polar surface area (TPSA) is 43.6 Å². The zero-order chi connectivity index (χ0) is 25.1. The van der Waals surface area contributed by atoms with Gasteiger partial charge in [-0.15, -0.1) is 11.3 Å². The van der Waals surface area contributed by atoms with Gasteiger partial charge in [-0.2, -0.15) is 0 Å². The van der Waals surface area contributed by atoms with Gasteiger partial charge in [0.05, 0.1) is 22.2 Å². The van der Waals surface area contributed by atoms with Crippen LogP contribution < -0.4 is 0 Å². The lowest BCUT2D eigenvalue weighted by atomic mass is 10.1. The van der Waals surface area contributed by atoms with E-state index in [0.717, 1.165) is 44.8 Å². The summed E-state index contributed by atoms with van der Waals surface area (Å²) in [5.41, 5.74) is 7.44. The molecule has 0 radical (unpaired) electrons. The molecule has 0 N–H and O–H groups in total. The maximum absolute atomic E-state index is 5.27. The second-order valence-electron chi connectivity index (χ2n) is 9.34. The van der Waals surface area contributed by atoms with Crippen LogP contribution in [0.5, 0.6) is 0 Å². The average Bonchev–Trinajstić information content (AvgIpc) is 3.53. The first-order chi connectivity index (χ1) is 18.8. The quantitative estimate of drug-likeness (QED) is 0.242. The van der Waals surface area contributed by atoms with Crippen LogP contribution in [-0.2, 0) is 0 Å². The summed E-state index contributed by atoms with van der Waals surface area (Å²) >= 11 is 1.84. The maximum Gasteiger partial charge on any atom is 0.138 e. The summed E-state index contributed by atoms with van der Waals surface area (Å²) in [7, 11) is 0. The lowest BCUT2D eigenvalue weighted by Crippen LogP contribution is -1.98. The van der Waals surface area contributed by atoms with Gasteiger partial charge in [0.1, 0.15) is 5.82 Å². The molecule has 0 fully saturated rings. The van der Waals surface area contributed by atoms with Crippen LogP contribution in [0.4, 0.5) is 0 Å². The number of pyridine rings is 3. The normalized spacial score (nSPS) is 11.7. The Bertz CT molecular complexity index is 2130. The molecule has 0 aliphatic rings. The molecule has 0 aliphatic carbocycles. The number of thiophene rings is 1. The largest absolute Gasteiger partial charge is 0.292 e. The van der Waals surface area contributed by atoms with E-state index in [0.29, 0.717) is 0 Å². The highest BCUT2D eigenvalue weighted by Crippen LogP contribution is 2.43. The fourth-order valence-corrected chi connectivity index (χ4v) is 6.67.